The maximum Gasteiger partial charge on any atom is 0.317 e. The van der Waals surface area contributed by atoms with Crippen LogP contribution in [0.25, 0.3) is 0 Å². The molecular weight excluding hydrogens is 284 g/mol. The number of phenols is 1. The molecule has 4 nitrogen and oxygen atoms in total. The van der Waals surface area contributed by atoms with Gasteiger partial charge in [-0.05, 0) is 43.9 Å². The van der Waals surface area contributed by atoms with Gasteiger partial charge in [0, 0.05) is 23.6 Å². The van der Waals surface area contributed by atoms with Crippen LogP contribution in [0, 0.1) is 0 Å². The van der Waals surface area contributed by atoms with E-state index in [9.17, 15) is 9.90 Å². The average molecular weight is 306 g/mol. The Bertz CT molecular complexity index is 559. The zero-order valence-corrected chi connectivity index (χ0v) is 13.4. The summed E-state index contributed by atoms with van der Waals surface area (Å²) in [6.45, 7) is 5.95. The summed E-state index contributed by atoms with van der Waals surface area (Å²) in [4.78, 5) is 14.4. The minimum Gasteiger partial charge on any atom is -0.508 e. The van der Waals surface area contributed by atoms with Crippen molar-refractivity contribution < 1.29 is 9.90 Å². The van der Waals surface area contributed by atoms with Crippen molar-refractivity contribution in [3.05, 3.63) is 29.3 Å². The van der Waals surface area contributed by atoms with Crippen LogP contribution in [0.4, 0.5) is 4.79 Å². The number of hydrogen-bond donors (Lipinski definition) is 2. The number of nitrogens with one attached hydrogen (secondary N) is 1. The Morgan fingerprint density at radius 1 is 1.48 bits per heavy atom. The molecule has 0 aromatic heterocycles. The Morgan fingerprint density at radius 2 is 2.29 bits per heavy atom. The van der Waals surface area contributed by atoms with Crippen LogP contribution in [-0.4, -0.2) is 39.6 Å². The standard InChI is InChI=1S/C16H22N2O2S/c1-16(2)10-18(8-9-21-16)15(20)17-13-7-6-12-11(13)4-3-5-14(12)19/h3-5,13,19H,6-10H2,1-2H3,(H,17,20). The lowest BCUT2D eigenvalue weighted by molar-refractivity contribution is 0.190. The first-order chi connectivity index (χ1) is 9.96. The van der Waals surface area contributed by atoms with E-state index in [1.165, 1.54) is 0 Å². The highest BCUT2D eigenvalue weighted by Crippen LogP contribution is 2.36. The van der Waals surface area contributed by atoms with Crippen LogP contribution in [-0.2, 0) is 6.42 Å². The number of aromatic hydroxyl groups is 1. The molecule has 2 amide bonds. The Kier molecular flexibility index (Phi) is 3.78. The normalized spacial score (nSPS) is 23.7. The molecule has 1 unspecified atom stereocenters. The third-order valence-electron chi connectivity index (χ3n) is 4.26. The molecule has 114 valence electrons. The van der Waals surface area contributed by atoms with E-state index in [0.717, 1.165) is 42.8 Å². The molecule has 2 N–H and O–H groups in total. The maximum absolute atomic E-state index is 12.5. The molecule has 21 heavy (non-hydrogen) atoms. The highest BCUT2D eigenvalue weighted by Gasteiger charge is 2.32. The molecule has 0 radical (unpaired) electrons. The van der Waals surface area contributed by atoms with Gasteiger partial charge in [0.05, 0.1) is 6.04 Å². The number of carbonyl (C=O) groups excluding carboxylic acids is 1. The van der Waals surface area contributed by atoms with Crippen molar-refractivity contribution in [1.29, 1.82) is 0 Å². The number of hydrogen-bond acceptors (Lipinski definition) is 3. The maximum atomic E-state index is 12.5. The molecule has 1 atom stereocenters. The van der Waals surface area contributed by atoms with Gasteiger partial charge in [-0.25, -0.2) is 4.79 Å². The fourth-order valence-electron chi connectivity index (χ4n) is 3.22. The fourth-order valence-corrected chi connectivity index (χ4v) is 4.33. The number of benzene rings is 1. The second-order valence-electron chi connectivity index (χ2n) is 6.42. The third kappa shape index (κ3) is 2.98. The molecule has 1 saturated heterocycles. The molecule has 1 heterocycles. The second-order valence-corrected chi connectivity index (χ2v) is 8.22. The first kappa shape index (κ1) is 14.6. The zero-order chi connectivity index (χ0) is 15.0. The van der Waals surface area contributed by atoms with Gasteiger partial charge in [0.1, 0.15) is 5.75 Å². The lowest BCUT2D eigenvalue weighted by Gasteiger charge is -2.38. The molecule has 5 heteroatoms. The van der Waals surface area contributed by atoms with Crippen molar-refractivity contribution in [3.63, 3.8) is 0 Å². The van der Waals surface area contributed by atoms with Gasteiger partial charge in [-0.2, -0.15) is 11.8 Å². The predicted octanol–water partition coefficient (Wildman–Crippen LogP) is 2.92. The van der Waals surface area contributed by atoms with Crippen molar-refractivity contribution >= 4 is 17.8 Å². The molecule has 3 rings (SSSR count). The topological polar surface area (TPSA) is 52.6 Å². The van der Waals surface area contributed by atoms with Gasteiger partial charge in [0.25, 0.3) is 0 Å². The minimum absolute atomic E-state index is 0.0181. The average Bonchev–Trinajstić information content (AvgIpc) is 2.82. The van der Waals surface area contributed by atoms with Crippen LogP contribution in [0.2, 0.25) is 0 Å². The van der Waals surface area contributed by atoms with Gasteiger partial charge in [0.15, 0.2) is 0 Å². The van der Waals surface area contributed by atoms with E-state index < -0.39 is 0 Å². The number of urea groups is 1. The summed E-state index contributed by atoms with van der Waals surface area (Å²) in [5.74, 6) is 1.34. The van der Waals surface area contributed by atoms with Crippen LogP contribution in [0.1, 0.15) is 37.4 Å². The molecule has 1 fully saturated rings. The van der Waals surface area contributed by atoms with E-state index in [0.29, 0.717) is 5.75 Å². The third-order valence-corrected chi connectivity index (χ3v) is 5.55. The fraction of sp³-hybridized carbons (Fsp3) is 0.562. The zero-order valence-electron chi connectivity index (χ0n) is 12.6. The Labute approximate surface area is 129 Å². The smallest absolute Gasteiger partial charge is 0.317 e. The van der Waals surface area contributed by atoms with Gasteiger partial charge in [0.2, 0.25) is 0 Å². The molecule has 0 bridgehead atoms. The molecule has 1 aliphatic heterocycles. The largest absolute Gasteiger partial charge is 0.508 e. The van der Waals surface area contributed by atoms with Crippen molar-refractivity contribution in [2.24, 2.45) is 0 Å². The van der Waals surface area contributed by atoms with Crippen LogP contribution in [0.15, 0.2) is 18.2 Å². The highest BCUT2D eigenvalue weighted by atomic mass is 32.2. The molecule has 0 saturated carbocycles. The van der Waals surface area contributed by atoms with Crippen molar-refractivity contribution in [2.75, 3.05) is 18.8 Å². The van der Waals surface area contributed by atoms with Crippen molar-refractivity contribution in [2.45, 2.75) is 37.5 Å². The van der Waals surface area contributed by atoms with Crippen LogP contribution in [0.3, 0.4) is 0 Å². The summed E-state index contributed by atoms with van der Waals surface area (Å²) < 4.78 is 0.126. The van der Waals surface area contributed by atoms with E-state index in [2.05, 4.69) is 19.2 Å². The highest BCUT2D eigenvalue weighted by molar-refractivity contribution is 8.00. The van der Waals surface area contributed by atoms with Gasteiger partial charge >= 0.3 is 6.03 Å². The Hall–Kier alpha value is -1.36. The van der Waals surface area contributed by atoms with Crippen LogP contribution < -0.4 is 5.32 Å². The number of amides is 2. The van der Waals surface area contributed by atoms with E-state index in [1.807, 2.05) is 28.8 Å². The Balaban J connectivity index is 1.68. The molecule has 0 spiro atoms. The first-order valence-electron chi connectivity index (χ1n) is 7.46. The van der Waals surface area contributed by atoms with E-state index in [4.69, 9.17) is 0 Å². The number of nitrogens with zero attached hydrogens (tertiary/aromatic N) is 1. The van der Waals surface area contributed by atoms with E-state index >= 15 is 0 Å². The van der Waals surface area contributed by atoms with Gasteiger partial charge < -0.3 is 15.3 Å². The molecular formula is C16H22N2O2S. The summed E-state index contributed by atoms with van der Waals surface area (Å²) in [5.41, 5.74) is 2.05. The Morgan fingerprint density at radius 3 is 3.05 bits per heavy atom. The lowest BCUT2D eigenvalue weighted by atomic mass is 10.1. The van der Waals surface area contributed by atoms with Gasteiger partial charge in [-0.3, -0.25) is 0 Å². The van der Waals surface area contributed by atoms with Crippen LogP contribution in [0.5, 0.6) is 5.75 Å². The minimum atomic E-state index is 0.0181. The van der Waals surface area contributed by atoms with Crippen LogP contribution >= 0.6 is 11.8 Å². The quantitative estimate of drug-likeness (QED) is 0.839. The van der Waals surface area contributed by atoms with Crippen molar-refractivity contribution in [3.8, 4) is 5.75 Å². The number of carbonyl (C=O) groups is 1. The summed E-state index contributed by atoms with van der Waals surface area (Å²) in [7, 11) is 0. The number of fused-ring (bicyclic) bond motifs is 1. The van der Waals surface area contributed by atoms with Crippen molar-refractivity contribution in [1.82, 2.24) is 10.2 Å². The molecule has 1 aliphatic carbocycles. The van der Waals surface area contributed by atoms with Gasteiger partial charge in [-0.15, -0.1) is 0 Å². The van der Waals surface area contributed by atoms with E-state index in [-0.39, 0.29) is 16.8 Å². The van der Waals surface area contributed by atoms with E-state index in [1.54, 1.807) is 6.07 Å². The predicted molar refractivity (Wildman–Crippen MR) is 85.8 cm³/mol. The number of rotatable bonds is 1. The summed E-state index contributed by atoms with van der Waals surface area (Å²) in [6, 6.07) is 5.61. The monoisotopic (exact) mass is 306 g/mol. The lowest BCUT2D eigenvalue weighted by Crippen LogP contribution is -2.50. The number of thioether (sulfide) groups is 1. The summed E-state index contributed by atoms with van der Waals surface area (Å²) >= 11 is 1.92. The SMILES string of the molecule is CC1(C)CN(C(=O)NC2CCc3c(O)cccc32)CCS1. The molecule has 1 aromatic carbocycles. The second kappa shape index (κ2) is 5.44. The first-order valence-corrected chi connectivity index (χ1v) is 8.45. The summed E-state index contributed by atoms with van der Waals surface area (Å²) in [6.07, 6.45) is 1.69. The van der Waals surface area contributed by atoms with Gasteiger partial charge in [-0.1, -0.05) is 12.1 Å². The summed E-state index contributed by atoms with van der Waals surface area (Å²) in [5, 5.41) is 13.0. The number of phenolic OH excluding ortho intramolecular Hbond substituents is 1. The molecule has 2 aliphatic rings. The molecule has 1 aromatic rings.